The molecule has 4 heteroatoms. The first-order valence-electron chi connectivity index (χ1n) is 22.3. The maximum absolute atomic E-state index is 2.61. The summed E-state index contributed by atoms with van der Waals surface area (Å²) in [5, 5.41) is 17.9. The highest BCUT2D eigenvalue weighted by molar-refractivity contribution is 7.15. The molecular formula is C59H42N2Si2. The molecule has 1 atom stereocenters. The monoisotopic (exact) mass is 834 g/mol. The molecule has 0 N–H and O–H groups in total. The van der Waals surface area contributed by atoms with Crippen molar-refractivity contribution in [3.8, 4) is 22.3 Å². The number of hydrogen-bond acceptors (Lipinski definition) is 2. The largest absolute Gasteiger partial charge is 0.310 e. The van der Waals surface area contributed by atoms with Crippen LogP contribution in [0.3, 0.4) is 0 Å². The molecule has 0 aliphatic carbocycles. The van der Waals surface area contributed by atoms with E-state index in [1.54, 1.807) is 0 Å². The van der Waals surface area contributed by atoms with Gasteiger partial charge in [0.15, 0.2) is 8.07 Å². The summed E-state index contributed by atoms with van der Waals surface area (Å²) in [6.45, 7) is 7.66. The van der Waals surface area contributed by atoms with Crippen molar-refractivity contribution in [2.45, 2.75) is 19.6 Å². The molecule has 3 heterocycles. The molecule has 2 nitrogen and oxygen atoms in total. The van der Waals surface area contributed by atoms with Crippen LogP contribution in [0.25, 0.3) is 65.3 Å². The summed E-state index contributed by atoms with van der Waals surface area (Å²) in [4.78, 5) is 5.20. The van der Waals surface area contributed by atoms with Crippen molar-refractivity contribution < 1.29 is 0 Å². The third-order valence-electron chi connectivity index (χ3n) is 15.1. The lowest BCUT2D eigenvalue weighted by atomic mass is 9.87. The van der Waals surface area contributed by atoms with Gasteiger partial charge in [-0.2, -0.15) is 0 Å². The molecule has 0 bridgehead atoms. The molecule has 63 heavy (non-hydrogen) atoms. The Balaban J connectivity index is 1.08. The fourth-order valence-electron chi connectivity index (χ4n) is 12.6. The van der Waals surface area contributed by atoms with E-state index in [0.29, 0.717) is 0 Å². The minimum atomic E-state index is -2.29. The topological polar surface area (TPSA) is 6.48 Å². The lowest BCUT2D eigenvalue weighted by molar-refractivity contribution is 1.31. The zero-order valence-electron chi connectivity index (χ0n) is 35.4. The average Bonchev–Trinajstić information content (AvgIpc) is 3.74. The molecule has 0 fully saturated rings. The Morgan fingerprint density at radius 1 is 0.349 bits per heavy atom. The van der Waals surface area contributed by atoms with E-state index in [2.05, 4.69) is 230 Å². The molecule has 0 spiro atoms. The average molecular weight is 835 g/mol. The highest BCUT2D eigenvalue weighted by Crippen LogP contribution is 2.52. The third-order valence-corrected chi connectivity index (χ3v) is 23.2. The maximum Gasteiger partial charge on any atom is 0.152 e. The van der Waals surface area contributed by atoms with Crippen molar-refractivity contribution in [1.29, 1.82) is 0 Å². The van der Waals surface area contributed by atoms with E-state index in [0.717, 1.165) is 0 Å². The molecule has 14 rings (SSSR count). The van der Waals surface area contributed by atoms with Crippen molar-refractivity contribution in [2.24, 2.45) is 0 Å². The number of rotatable bonds is 4. The van der Waals surface area contributed by atoms with Gasteiger partial charge in [0.2, 0.25) is 0 Å². The quantitative estimate of drug-likeness (QED) is 0.0990. The first-order chi connectivity index (χ1) is 30.9. The number of benzene rings is 11. The number of anilines is 6. The Hall–Kier alpha value is -7.25. The number of fused-ring (bicyclic) bond motifs is 11. The van der Waals surface area contributed by atoms with Gasteiger partial charge in [-0.05, 0) is 112 Å². The Labute approximate surface area is 369 Å². The molecular weight excluding hydrogens is 793 g/mol. The lowest BCUT2D eigenvalue weighted by Crippen LogP contribution is -2.66. The van der Waals surface area contributed by atoms with Gasteiger partial charge in [-0.3, -0.25) is 0 Å². The van der Waals surface area contributed by atoms with Gasteiger partial charge in [0, 0.05) is 44.3 Å². The Bertz CT molecular complexity index is 3760. The Morgan fingerprint density at radius 3 is 1.76 bits per heavy atom. The van der Waals surface area contributed by atoms with Crippen LogP contribution in [0.1, 0.15) is 0 Å². The molecule has 1 unspecified atom stereocenters. The highest BCUT2D eigenvalue weighted by atomic mass is 28.3. The molecule has 296 valence electrons. The van der Waals surface area contributed by atoms with Crippen LogP contribution in [0.15, 0.2) is 200 Å². The lowest BCUT2D eigenvalue weighted by Gasteiger charge is -2.41. The Morgan fingerprint density at radius 2 is 0.937 bits per heavy atom. The Kier molecular flexibility index (Phi) is 6.98. The summed E-state index contributed by atoms with van der Waals surface area (Å²) in [5.41, 5.74) is 13.1. The van der Waals surface area contributed by atoms with Crippen molar-refractivity contribution in [3.05, 3.63) is 200 Å². The van der Waals surface area contributed by atoms with E-state index in [4.69, 9.17) is 0 Å². The molecule has 0 saturated heterocycles. The number of hydrogen-bond donors (Lipinski definition) is 0. The fraction of sp³-hybridized carbons (Fsp3) is 0.0508. The summed E-state index contributed by atoms with van der Waals surface area (Å²) in [6, 6.07) is 76.3. The van der Waals surface area contributed by atoms with E-state index >= 15 is 0 Å². The predicted molar refractivity (Wildman–Crippen MR) is 275 cm³/mol. The van der Waals surface area contributed by atoms with E-state index in [1.165, 1.54) is 125 Å². The van der Waals surface area contributed by atoms with Gasteiger partial charge < -0.3 is 9.80 Å². The van der Waals surface area contributed by atoms with Crippen LogP contribution in [0, 0.1) is 0 Å². The van der Waals surface area contributed by atoms with E-state index < -0.39 is 16.1 Å². The van der Waals surface area contributed by atoms with Crippen LogP contribution in [0.4, 0.5) is 34.1 Å². The standard InChI is InChI=1S/C59H42N2Si2/c1-62(2)52-28-12-9-20-40(52)44-23-15-26-50(58(44)62)60(38-17-5-4-6-18-38)49-35-32-37-31-33-46-47(36-34-43-39-19-7-8-22-42(39)57(49)55(37)56(43)46)61-48-25-11-14-30-54(48)63(3)53-29-13-10-21-41(53)45-24-16-27-51(61)59(45)63/h4-36H,1-3H3. The van der Waals surface area contributed by atoms with E-state index in [1.807, 2.05) is 0 Å². The van der Waals surface area contributed by atoms with Crippen LogP contribution in [0.2, 0.25) is 19.6 Å². The fourth-order valence-corrected chi connectivity index (χ4v) is 20.6. The molecule has 11 aromatic rings. The minimum Gasteiger partial charge on any atom is -0.310 e. The first-order valence-corrected chi connectivity index (χ1v) is 27.8. The van der Waals surface area contributed by atoms with Crippen molar-refractivity contribution in [3.63, 3.8) is 0 Å². The molecule has 11 aromatic carbocycles. The van der Waals surface area contributed by atoms with Crippen LogP contribution < -0.4 is 35.7 Å². The molecule has 3 aliphatic rings. The molecule has 0 amide bonds. The highest BCUT2D eigenvalue weighted by Gasteiger charge is 2.50. The van der Waals surface area contributed by atoms with Gasteiger partial charge in [0.1, 0.15) is 8.07 Å². The van der Waals surface area contributed by atoms with Gasteiger partial charge >= 0.3 is 0 Å². The zero-order valence-corrected chi connectivity index (χ0v) is 37.4. The molecule has 3 aliphatic heterocycles. The van der Waals surface area contributed by atoms with Gasteiger partial charge in [-0.1, -0.05) is 177 Å². The molecule has 0 radical (unpaired) electrons. The van der Waals surface area contributed by atoms with Crippen LogP contribution >= 0.6 is 0 Å². The van der Waals surface area contributed by atoms with Crippen molar-refractivity contribution in [1.82, 2.24) is 0 Å². The van der Waals surface area contributed by atoms with Crippen molar-refractivity contribution in [2.75, 3.05) is 9.80 Å². The van der Waals surface area contributed by atoms with Crippen molar-refractivity contribution >= 4 is 119 Å². The third kappa shape index (κ3) is 4.42. The predicted octanol–water partition coefficient (Wildman–Crippen LogP) is 12.9. The second-order valence-corrected chi connectivity index (χ2v) is 26.6. The summed E-state index contributed by atoms with van der Waals surface area (Å²) in [5.74, 6) is 0. The summed E-state index contributed by atoms with van der Waals surface area (Å²) in [7, 11) is -4.39. The second kappa shape index (κ2) is 12.4. The van der Waals surface area contributed by atoms with Gasteiger partial charge in [0.05, 0.1) is 11.4 Å². The second-order valence-electron chi connectivity index (χ2n) is 18.5. The summed E-state index contributed by atoms with van der Waals surface area (Å²) >= 11 is 0. The minimum absolute atomic E-state index is 1.17. The van der Waals surface area contributed by atoms with Gasteiger partial charge in [-0.15, -0.1) is 0 Å². The van der Waals surface area contributed by atoms with E-state index in [-0.39, 0.29) is 0 Å². The van der Waals surface area contributed by atoms with Crippen LogP contribution in [0.5, 0.6) is 0 Å². The van der Waals surface area contributed by atoms with Gasteiger partial charge in [-0.25, -0.2) is 0 Å². The zero-order chi connectivity index (χ0) is 41.8. The SMILES string of the molecule is C[Si]1(C)c2ccccc2-c2cccc(N(c3ccccc3)c3ccc4ccc5c(N6c7ccccc7[Si]7(C)c8ccccc8-c8cccc6c87)ccc6c7ccccc7c3c4c56)c21. The first kappa shape index (κ1) is 35.4. The van der Waals surface area contributed by atoms with Crippen LogP contribution in [-0.2, 0) is 0 Å². The smallest absolute Gasteiger partial charge is 0.152 e. The van der Waals surface area contributed by atoms with E-state index in [9.17, 15) is 0 Å². The number of nitrogens with zero attached hydrogens (tertiary/aromatic N) is 2. The van der Waals surface area contributed by atoms with Gasteiger partial charge in [0.25, 0.3) is 0 Å². The van der Waals surface area contributed by atoms with Crippen LogP contribution in [-0.4, -0.2) is 16.1 Å². The maximum atomic E-state index is 2.61. The molecule has 0 aromatic heterocycles. The summed E-state index contributed by atoms with van der Waals surface area (Å²) in [6.07, 6.45) is 0. The number of para-hydroxylation sites is 2. The molecule has 0 saturated carbocycles. The normalized spacial score (nSPS) is 16.3. The summed E-state index contributed by atoms with van der Waals surface area (Å²) < 4.78 is 0.